The van der Waals surface area contributed by atoms with Crippen molar-refractivity contribution in [3.05, 3.63) is 65.4 Å². The number of aromatic nitrogens is 1. The molecule has 1 aromatic heterocycles. The molecule has 0 unspecified atom stereocenters. The Labute approximate surface area is 123 Å². The zero-order valence-electron chi connectivity index (χ0n) is 12.1. The van der Waals surface area contributed by atoms with Crippen LogP contribution in [0.3, 0.4) is 0 Å². The molecule has 1 heterocycles. The van der Waals surface area contributed by atoms with Crippen molar-refractivity contribution in [1.82, 2.24) is 4.98 Å². The molecule has 3 aromatic rings. The minimum absolute atomic E-state index is 0.0177. The standard InChI is InChI=1S/C18H17NO2/c1-3-21-17-7-5-4-6-13(17)18(20)15-11-19-16-9-8-12(2)10-14(15)16/h4-11,19H,3H2,1-2H3. The molecule has 0 radical (unpaired) electrons. The maximum Gasteiger partial charge on any atom is 0.198 e. The van der Waals surface area contributed by atoms with Crippen LogP contribution in [0.4, 0.5) is 0 Å². The van der Waals surface area contributed by atoms with Gasteiger partial charge in [-0.05, 0) is 38.1 Å². The molecule has 3 nitrogen and oxygen atoms in total. The number of fused-ring (bicyclic) bond motifs is 1. The SMILES string of the molecule is CCOc1ccccc1C(=O)c1c[nH]c2ccc(C)cc12. The Kier molecular flexibility index (Phi) is 3.48. The number of benzene rings is 2. The first-order valence-electron chi connectivity index (χ1n) is 7.05. The quantitative estimate of drug-likeness (QED) is 0.730. The Bertz CT molecular complexity index is 802. The first-order valence-corrected chi connectivity index (χ1v) is 7.05. The van der Waals surface area contributed by atoms with Gasteiger partial charge in [0.25, 0.3) is 0 Å². The minimum Gasteiger partial charge on any atom is -0.493 e. The van der Waals surface area contributed by atoms with E-state index in [1.807, 2.05) is 56.3 Å². The van der Waals surface area contributed by atoms with Crippen molar-refractivity contribution in [1.29, 1.82) is 0 Å². The van der Waals surface area contributed by atoms with Crippen LogP contribution >= 0.6 is 0 Å². The number of aryl methyl sites for hydroxylation is 1. The molecule has 1 N–H and O–H groups in total. The highest BCUT2D eigenvalue weighted by atomic mass is 16.5. The zero-order valence-corrected chi connectivity index (χ0v) is 12.1. The van der Waals surface area contributed by atoms with Gasteiger partial charge in [-0.2, -0.15) is 0 Å². The smallest absolute Gasteiger partial charge is 0.198 e. The predicted molar refractivity (Wildman–Crippen MR) is 84.1 cm³/mol. The van der Waals surface area contributed by atoms with E-state index in [-0.39, 0.29) is 5.78 Å². The van der Waals surface area contributed by atoms with Gasteiger partial charge in [-0.15, -0.1) is 0 Å². The van der Waals surface area contributed by atoms with Gasteiger partial charge in [0.1, 0.15) is 5.75 Å². The minimum atomic E-state index is -0.0177. The zero-order chi connectivity index (χ0) is 14.8. The van der Waals surface area contributed by atoms with Gasteiger partial charge in [0.05, 0.1) is 12.2 Å². The van der Waals surface area contributed by atoms with Gasteiger partial charge in [-0.1, -0.05) is 23.8 Å². The molecule has 0 aliphatic rings. The Morgan fingerprint density at radius 1 is 1.14 bits per heavy atom. The number of ketones is 1. The van der Waals surface area contributed by atoms with Crippen LogP contribution in [0.25, 0.3) is 10.9 Å². The first-order chi connectivity index (χ1) is 10.2. The average Bonchev–Trinajstić information content (AvgIpc) is 2.90. The lowest BCUT2D eigenvalue weighted by atomic mass is 10.0. The number of para-hydroxylation sites is 1. The maximum atomic E-state index is 12.8. The van der Waals surface area contributed by atoms with E-state index >= 15 is 0 Å². The van der Waals surface area contributed by atoms with Gasteiger partial charge < -0.3 is 9.72 Å². The fraction of sp³-hybridized carbons (Fsp3) is 0.167. The number of hydrogen-bond donors (Lipinski definition) is 1. The van der Waals surface area contributed by atoms with Crippen molar-refractivity contribution in [2.45, 2.75) is 13.8 Å². The van der Waals surface area contributed by atoms with Crippen molar-refractivity contribution in [2.24, 2.45) is 0 Å². The van der Waals surface area contributed by atoms with Crippen LogP contribution in [0.2, 0.25) is 0 Å². The van der Waals surface area contributed by atoms with Gasteiger partial charge in [0.2, 0.25) is 0 Å². The van der Waals surface area contributed by atoms with E-state index < -0.39 is 0 Å². The number of carbonyl (C=O) groups excluding carboxylic acids is 1. The lowest BCUT2D eigenvalue weighted by molar-refractivity contribution is 0.103. The third kappa shape index (κ3) is 2.42. The predicted octanol–water partition coefficient (Wildman–Crippen LogP) is 4.11. The molecule has 0 saturated heterocycles. The van der Waals surface area contributed by atoms with Gasteiger partial charge in [-0.25, -0.2) is 0 Å². The molecule has 3 heteroatoms. The third-order valence-corrected chi connectivity index (χ3v) is 3.51. The molecular weight excluding hydrogens is 262 g/mol. The molecule has 21 heavy (non-hydrogen) atoms. The Balaban J connectivity index is 2.11. The molecule has 0 saturated carbocycles. The molecule has 106 valence electrons. The molecule has 0 spiro atoms. The van der Waals surface area contributed by atoms with Crippen molar-refractivity contribution in [3.63, 3.8) is 0 Å². The van der Waals surface area contributed by atoms with Crippen LogP contribution in [0.1, 0.15) is 28.4 Å². The van der Waals surface area contributed by atoms with Gasteiger partial charge in [0, 0.05) is 22.7 Å². The molecule has 0 aliphatic heterocycles. The van der Waals surface area contributed by atoms with Crippen molar-refractivity contribution in [2.75, 3.05) is 6.61 Å². The van der Waals surface area contributed by atoms with Crippen LogP contribution in [0.5, 0.6) is 5.75 Å². The van der Waals surface area contributed by atoms with Crippen LogP contribution in [0, 0.1) is 6.92 Å². The highest BCUT2D eigenvalue weighted by molar-refractivity contribution is 6.17. The second-order valence-corrected chi connectivity index (χ2v) is 5.01. The molecule has 0 aliphatic carbocycles. The molecule has 0 fully saturated rings. The molecule has 0 amide bonds. The molecule has 0 atom stereocenters. The van der Waals surface area contributed by atoms with E-state index in [4.69, 9.17) is 4.74 Å². The lowest BCUT2D eigenvalue weighted by Crippen LogP contribution is -2.04. The summed E-state index contributed by atoms with van der Waals surface area (Å²) in [5.74, 6) is 0.614. The Morgan fingerprint density at radius 2 is 1.95 bits per heavy atom. The maximum absolute atomic E-state index is 12.8. The summed E-state index contributed by atoms with van der Waals surface area (Å²) in [5.41, 5.74) is 3.38. The second-order valence-electron chi connectivity index (χ2n) is 5.01. The lowest BCUT2D eigenvalue weighted by Gasteiger charge is -2.08. The third-order valence-electron chi connectivity index (χ3n) is 3.51. The fourth-order valence-corrected chi connectivity index (χ4v) is 2.50. The van der Waals surface area contributed by atoms with Crippen LogP contribution < -0.4 is 4.74 Å². The average molecular weight is 279 g/mol. The van der Waals surface area contributed by atoms with E-state index in [2.05, 4.69) is 4.98 Å². The van der Waals surface area contributed by atoms with Gasteiger partial charge in [0.15, 0.2) is 5.78 Å². The van der Waals surface area contributed by atoms with Crippen LogP contribution in [-0.2, 0) is 0 Å². The molecule has 2 aromatic carbocycles. The summed E-state index contributed by atoms with van der Waals surface area (Å²) >= 11 is 0. The van der Waals surface area contributed by atoms with E-state index in [9.17, 15) is 4.79 Å². The fourth-order valence-electron chi connectivity index (χ4n) is 2.50. The largest absolute Gasteiger partial charge is 0.493 e. The topological polar surface area (TPSA) is 42.1 Å². The number of carbonyl (C=O) groups is 1. The summed E-state index contributed by atoms with van der Waals surface area (Å²) in [5, 5.41) is 0.950. The van der Waals surface area contributed by atoms with E-state index in [1.54, 1.807) is 6.20 Å². The summed E-state index contributed by atoms with van der Waals surface area (Å²) in [6.07, 6.45) is 1.77. The molecule has 3 rings (SSSR count). The summed E-state index contributed by atoms with van der Waals surface area (Å²) < 4.78 is 5.56. The van der Waals surface area contributed by atoms with E-state index in [0.717, 1.165) is 16.5 Å². The number of hydrogen-bond acceptors (Lipinski definition) is 2. The Morgan fingerprint density at radius 3 is 2.76 bits per heavy atom. The first kappa shape index (κ1) is 13.4. The van der Waals surface area contributed by atoms with Crippen molar-refractivity contribution in [3.8, 4) is 5.75 Å². The summed E-state index contributed by atoms with van der Waals surface area (Å²) in [7, 11) is 0. The number of ether oxygens (including phenoxy) is 1. The Hall–Kier alpha value is -2.55. The second kappa shape index (κ2) is 5.44. The highest BCUT2D eigenvalue weighted by Gasteiger charge is 2.17. The number of rotatable bonds is 4. The van der Waals surface area contributed by atoms with Gasteiger partial charge in [-0.3, -0.25) is 4.79 Å². The monoisotopic (exact) mass is 279 g/mol. The summed E-state index contributed by atoms with van der Waals surface area (Å²) in [6, 6.07) is 13.4. The molecule has 0 bridgehead atoms. The highest BCUT2D eigenvalue weighted by Crippen LogP contribution is 2.26. The van der Waals surface area contributed by atoms with Crippen LogP contribution in [0.15, 0.2) is 48.7 Å². The summed E-state index contributed by atoms with van der Waals surface area (Å²) in [4.78, 5) is 16.0. The molecular formula is C18H17NO2. The van der Waals surface area contributed by atoms with Crippen molar-refractivity contribution < 1.29 is 9.53 Å². The van der Waals surface area contributed by atoms with Crippen LogP contribution in [-0.4, -0.2) is 17.4 Å². The normalized spacial score (nSPS) is 10.8. The van der Waals surface area contributed by atoms with E-state index in [0.29, 0.717) is 23.5 Å². The number of aromatic amines is 1. The van der Waals surface area contributed by atoms with Gasteiger partial charge >= 0.3 is 0 Å². The number of nitrogens with one attached hydrogen (secondary N) is 1. The van der Waals surface area contributed by atoms with E-state index in [1.165, 1.54) is 0 Å². The van der Waals surface area contributed by atoms with Crippen molar-refractivity contribution >= 4 is 16.7 Å². The summed E-state index contributed by atoms with van der Waals surface area (Å²) in [6.45, 7) is 4.47. The number of H-pyrrole nitrogens is 1.